The Bertz CT molecular complexity index is 1240. The van der Waals surface area contributed by atoms with Crippen molar-refractivity contribution in [1.82, 2.24) is 4.90 Å². The molecule has 7 nitrogen and oxygen atoms in total. The monoisotopic (exact) mass is 421 g/mol. The molecule has 0 aliphatic carbocycles. The van der Waals surface area contributed by atoms with Gasteiger partial charge in [-0.2, -0.15) is 0 Å². The maximum absolute atomic E-state index is 13.5. The zero-order valence-electron chi connectivity index (χ0n) is 17.9. The molecule has 1 atom stereocenters. The lowest BCUT2D eigenvalue weighted by atomic mass is 9.96. The molecule has 0 radical (unpaired) electrons. The summed E-state index contributed by atoms with van der Waals surface area (Å²) in [6, 6.07) is 9.65. The van der Waals surface area contributed by atoms with Crippen molar-refractivity contribution in [3.63, 3.8) is 0 Å². The summed E-state index contributed by atoms with van der Waals surface area (Å²) in [7, 11) is 2.87. The van der Waals surface area contributed by atoms with Crippen LogP contribution in [0.1, 0.15) is 49.2 Å². The second-order valence-corrected chi connectivity index (χ2v) is 7.61. The van der Waals surface area contributed by atoms with Crippen LogP contribution in [0, 0.1) is 13.8 Å². The third-order valence-electron chi connectivity index (χ3n) is 5.77. The van der Waals surface area contributed by atoms with Crippen LogP contribution in [-0.2, 0) is 9.47 Å². The van der Waals surface area contributed by atoms with Crippen molar-refractivity contribution in [3.8, 4) is 0 Å². The molecular weight excluding hydrogens is 398 g/mol. The van der Waals surface area contributed by atoms with Crippen LogP contribution in [-0.4, -0.2) is 44.1 Å². The second kappa shape index (κ2) is 8.00. The van der Waals surface area contributed by atoms with E-state index in [9.17, 15) is 14.4 Å². The van der Waals surface area contributed by atoms with Crippen LogP contribution in [0.25, 0.3) is 11.0 Å². The molecule has 0 fully saturated rings. The summed E-state index contributed by atoms with van der Waals surface area (Å²) < 4.78 is 15.9. The zero-order valence-corrected chi connectivity index (χ0v) is 17.9. The second-order valence-electron chi connectivity index (χ2n) is 7.61. The van der Waals surface area contributed by atoms with Crippen LogP contribution in [0.3, 0.4) is 0 Å². The first kappa shape index (κ1) is 20.8. The zero-order chi connectivity index (χ0) is 22.3. The Labute approximate surface area is 179 Å². The normalized spacial score (nSPS) is 15.4. The van der Waals surface area contributed by atoms with Gasteiger partial charge in [-0.3, -0.25) is 9.59 Å². The van der Waals surface area contributed by atoms with Crippen molar-refractivity contribution in [2.45, 2.75) is 19.9 Å². The van der Waals surface area contributed by atoms with E-state index in [1.54, 1.807) is 48.4 Å². The summed E-state index contributed by atoms with van der Waals surface area (Å²) in [5.74, 6) is -0.757. The minimum absolute atomic E-state index is 0.0545. The summed E-state index contributed by atoms with van der Waals surface area (Å²) in [6.07, 6.45) is 0. The van der Waals surface area contributed by atoms with Gasteiger partial charge in [-0.05, 0) is 54.8 Å². The summed E-state index contributed by atoms with van der Waals surface area (Å²) in [5.41, 5.74) is 3.51. The molecule has 3 aromatic rings. The number of esters is 1. The molecule has 2 aromatic carbocycles. The predicted octanol–water partition coefficient (Wildman–Crippen LogP) is 3.39. The molecule has 0 saturated carbocycles. The Morgan fingerprint density at radius 3 is 2.39 bits per heavy atom. The van der Waals surface area contributed by atoms with Gasteiger partial charge in [-0.15, -0.1) is 0 Å². The molecule has 160 valence electrons. The number of aryl methyl sites for hydroxylation is 2. The van der Waals surface area contributed by atoms with Gasteiger partial charge < -0.3 is 18.8 Å². The Balaban J connectivity index is 1.92. The van der Waals surface area contributed by atoms with E-state index in [1.165, 1.54) is 7.11 Å². The lowest BCUT2D eigenvalue weighted by Crippen LogP contribution is -2.32. The van der Waals surface area contributed by atoms with Crippen LogP contribution >= 0.6 is 0 Å². The van der Waals surface area contributed by atoms with E-state index in [0.717, 1.165) is 11.1 Å². The number of carbonyl (C=O) groups is 2. The third kappa shape index (κ3) is 3.41. The first-order valence-corrected chi connectivity index (χ1v) is 9.93. The molecule has 1 unspecified atom stereocenters. The fraction of sp³-hybridized carbons (Fsp3) is 0.292. The number of methoxy groups -OCH3 is 2. The van der Waals surface area contributed by atoms with E-state index in [-0.39, 0.29) is 23.6 Å². The van der Waals surface area contributed by atoms with Crippen molar-refractivity contribution in [2.75, 3.05) is 27.4 Å². The van der Waals surface area contributed by atoms with E-state index in [0.29, 0.717) is 34.3 Å². The van der Waals surface area contributed by atoms with Gasteiger partial charge in [0.15, 0.2) is 5.43 Å². The Hall–Kier alpha value is -3.45. The molecule has 4 rings (SSSR count). The SMILES string of the molecule is COCCN1C(=O)c2oc3cc(C)c(C)cc3c(=O)c2C1c1ccc(C(=O)OC)cc1. The number of carbonyl (C=O) groups excluding carboxylic acids is 2. The van der Waals surface area contributed by atoms with Gasteiger partial charge >= 0.3 is 5.97 Å². The maximum atomic E-state index is 13.5. The highest BCUT2D eigenvalue weighted by Crippen LogP contribution is 2.38. The Kier molecular flexibility index (Phi) is 5.37. The fourth-order valence-electron chi connectivity index (χ4n) is 3.96. The fourth-order valence-corrected chi connectivity index (χ4v) is 3.96. The van der Waals surface area contributed by atoms with E-state index >= 15 is 0 Å². The first-order chi connectivity index (χ1) is 14.9. The van der Waals surface area contributed by atoms with Gasteiger partial charge in [-0.25, -0.2) is 4.79 Å². The molecule has 0 saturated heterocycles. The standard InChI is InChI=1S/C24H23NO6/c1-13-11-17-18(12-14(13)2)31-22-19(21(17)26)20(25(23(22)27)9-10-29-3)15-5-7-16(8-6-15)24(28)30-4/h5-8,11-12,20H,9-10H2,1-4H3. The molecule has 0 bridgehead atoms. The average Bonchev–Trinajstić information content (AvgIpc) is 3.05. The van der Waals surface area contributed by atoms with Crippen LogP contribution in [0.2, 0.25) is 0 Å². The third-order valence-corrected chi connectivity index (χ3v) is 5.77. The van der Waals surface area contributed by atoms with Crippen molar-refractivity contribution in [1.29, 1.82) is 0 Å². The van der Waals surface area contributed by atoms with Crippen molar-refractivity contribution >= 4 is 22.8 Å². The summed E-state index contributed by atoms with van der Waals surface area (Å²) >= 11 is 0. The average molecular weight is 421 g/mol. The smallest absolute Gasteiger partial charge is 0.337 e. The summed E-state index contributed by atoms with van der Waals surface area (Å²) in [4.78, 5) is 40.1. The van der Waals surface area contributed by atoms with Crippen LogP contribution in [0.5, 0.6) is 0 Å². The minimum atomic E-state index is -0.633. The van der Waals surface area contributed by atoms with Crippen LogP contribution in [0.4, 0.5) is 0 Å². The Morgan fingerprint density at radius 1 is 1.06 bits per heavy atom. The highest BCUT2D eigenvalue weighted by molar-refractivity contribution is 5.99. The predicted molar refractivity (Wildman–Crippen MR) is 114 cm³/mol. The molecule has 0 spiro atoms. The highest BCUT2D eigenvalue weighted by atomic mass is 16.5. The van der Waals surface area contributed by atoms with Gasteiger partial charge in [0.2, 0.25) is 5.76 Å². The molecule has 31 heavy (non-hydrogen) atoms. The van der Waals surface area contributed by atoms with Gasteiger partial charge in [0, 0.05) is 13.7 Å². The molecule has 2 heterocycles. The lowest BCUT2D eigenvalue weighted by molar-refractivity contribution is 0.0599. The number of ether oxygens (including phenoxy) is 2. The summed E-state index contributed by atoms with van der Waals surface area (Å²) in [6.45, 7) is 4.46. The first-order valence-electron chi connectivity index (χ1n) is 9.93. The van der Waals surface area contributed by atoms with E-state index in [4.69, 9.17) is 13.9 Å². The molecule has 1 aliphatic rings. The largest absolute Gasteiger partial charge is 0.465 e. The highest BCUT2D eigenvalue weighted by Gasteiger charge is 2.42. The number of fused-ring (bicyclic) bond motifs is 2. The quantitative estimate of drug-likeness (QED) is 0.587. The van der Waals surface area contributed by atoms with Gasteiger partial charge in [0.1, 0.15) is 5.58 Å². The van der Waals surface area contributed by atoms with Gasteiger partial charge in [0.25, 0.3) is 5.91 Å². The number of hydrogen-bond acceptors (Lipinski definition) is 6. The molecule has 1 amide bonds. The van der Waals surface area contributed by atoms with Crippen molar-refractivity contribution in [2.24, 2.45) is 0 Å². The van der Waals surface area contributed by atoms with E-state index in [2.05, 4.69) is 0 Å². The molecule has 1 aliphatic heterocycles. The number of hydrogen-bond donors (Lipinski definition) is 0. The number of amides is 1. The minimum Gasteiger partial charge on any atom is -0.465 e. The van der Waals surface area contributed by atoms with Gasteiger partial charge in [-0.1, -0.05) is 12.1 Å². The number of rotatable bonds is 5. The molecular formula is C24H23NO6. The van der Waals surface area contributed by atoms with Crippen LogP contribution < -0.4 is 5.43 Å². The topological polar surface area (TPSA) is 86.0 Å². The van der Waals surface area contributed by atoms with Gasteiger partial charge in [0.05, 0.1) is 36.3 Å². The van der Waals surface area contributed by atoms with E-state index in [1.807, 2.05) is 13.8 Å². The molecule has 0 N–H and O–H groups in total. The molecule has 1 aromatic heterocycles. The lowest BCUT2D eigenvalue weighted by Gasteiger charge is -2.24. The number of nitrogens with zero attached hydrogens (tertiary/aromatic N) is 1. The maximum Gasteiger partial charge on any atom is 0.337 e. The van der Waals surface area contributed by atoms with E-state index < -0.39 is 12.0 Å². The molecule has 7 heteroatoms. The van der Waals surface area contributed by atoms with Crippen molar-refractivity contribution in [3.05, 3.63) is 80.2 Å². The number of benzene rings is 2. The van der Waals surface area contributed by atoms with Crippen LogP contribution in [0.15, 0.2) is 45.6 Å². The van der Waals surface area contributed by atoms with Crippen molar-refractivity contribution < 1.29 is 23.5 Å². The Morgan fingerprint density at radius 2 is 1.74 bits per heavy atom. The summed E-state index contributed by atoms with van der Waals surface area (Å²) in [5, 5.41) is 0.444.